The Morgan fingerprint density at radius 1 is 1.47 bits per heavy atom. The molecular formula is C12H14ClN3O. The molecule has 1 amide bonds. The topological polar surface area (TPSA) is 45.2 Å². The number of rotatable bonds is 2. The molecule has 90 valence electrons. The van der Waals surface area contributed by atoms with Gasteiger partial charge >= 0.3 is 0 Å². The second kappa shape index (κ2) is 4.85. The van der Waals surface area contributed by atoms with Crippen molar-refractivity contribution >= 4 is 17.5 Å². The Balaban J connectivity index is 2.21. The highest BCUT2D eigenvalue weighted by Crippen LogP contribution is 2.19. The van der Waals surface area contributed by atoms with E-state index in [9.17, 15) is 4.79 Å². The van der Waals surface area contributed by atoms with Gasteiger partial charge in [-0.1, -0.05) is 23.7 Å². The Bertz CT molecular complexity index is 442. The van der Waals surface area contributed by atoms with Crippen LogP contribution in [0.3, 0.4) is 0 Å². The van der Waals surface area contributed by atoms with Gasteiger partial charge in [0.1, 0.15) is 5.15 Å². The summed E-state index contributed by atoms with van der Waals surface area (Å²) in [4.78, 5) is 15.6. The summed E-state index contributed by atoms with van der Waals surface area (Å²) in [5, 5.41) is 2.07. The molecule has 0 fully saturated rings. The lowest BCUT2D eigenvalue weighted by atomic mass is 10.1. The zero-order valence-corrected chi connectivity index (χ0v) is 10.5. The van der Waals surface area contributed by atoms with E-state index in [2.05, 4.69) is 10.4 Å². The number of hydrazine groups is 1. The normalized spacial score (nSPS) is 20.1. The maximum atomic E-state index is 11.6. The second-order valence-electron chi connectivity index (χ2n) is 4.18. The Morgan fingerprint density at radius 2 is 2.24 bits per heavy atom. The molecule has 0 bridgehead atoms. The van der Waals surface area contributed by atoms with Crippen molar-refractivity contribution in [2.45, 2.75) is 25.9 Å². The van der Waals surface area contributed by atoms with Gasteiger partial charge in [-0.25, -0.2) is 10.4 Å². The third-order valence-electron chi connectivity index (χ3n) is 2.57. The number of carbonyl (C=O) groups is 1. The van der Waals surface area contributed by atoms with Crippen molar-refractivity contribution in [2.24, 2.45) is 0 Å². The van der Waals surface area contributed by atoms with E-state index in [0.717, 1.165) is 5.56 Å². The van der Waals surface area contributed by atoms with Gasteiger partial charge < -0.3 is 0 Å². The lowest BCUT2D eigenvalue weighted by Gasteiger charge is -2.33. The quantitative estimate of drug-likeness (QED) is 0.819. The summed E-state index contributed by atoms with van der Waals surface area (Å²) in [5.41, 5.74) is 4.13. The first-order valence-corrected chi connectivity index (χ1v) is 5.85. The summed E-state index contributed by atoms with van der Waals surface area (Å²) in [6.45, 7) is 3.92. The maximum absolute atomic E-state index is 11.6. The van der Waals surface area contributed by atoms with Crippen molar-refractivity contribution in [3.8, 4) is 0 Å². The van der Waals surface area contributed by atoms with E-state index in [4.69, 9.17) is 11.6 Å². The summed E-state index contributed by atoms with van der Waals surface area (Å²) in [6.07, 6.45) is 5.11. The molecule has 4 nitrogen and oxygen atoms in total. The minimum atomic E-state index is -0.0418. The van der Waals surface area contributed by atoms with E-state index in [-0.39, 0.29) is 18.0 Å². The van der Waals surface area contributed by atoms with Gasteiger partial charge in [-0.3, -0.25) is 9.80 Å². The highest BCUT2D eigenvalue weighted by atomic mass is 35.5. The number of hydrogen-bond acceptors (Lipinski definition) is 3. The molecule has 0 aromatic carbocycles. The van der Waals surface area contributed by atoms with E-state index >= 15 is 0 Å². The highest BCUT2D eigenvalue weighted by Gasteiger charge is 2.23. The van der Waals surface area contributed by atoms with Gasteiger partial charge in [-0.05, 0) is 25.5 Å². The average Bonchev–Trinajstić information content (AvgIpc) is 2.30. The molecule has 5 heteroatoms. The first kappa shape index (κ1) is 12.1. The van der Waals surface area contributed by atoms with Gasteiger partial charge in [0.25, 0.3) is 5.91 Å². The first-order valence-electron chi connectivity index (χ1n) is 5.47. The predicted octanol–water partition coefficient (Wildman–Crippen LogP) is 2.09. The van der Waals surface area contributed by atoms with Crippen molar-refractivity contribution in [1.82, 2.24) is 15.4 Å². The molecule has 1 aromatic heterocycles. The fourth-order valence-corrected chi connectivity index (χ4v) is 1.79. The van der Waals surface area contributed by atoms with Crippen LogP contribution in [0.15, 0.2) is 30.5 Å². The van der Waals surface area contributed by atoms with Crippen LogP contribution in [0.25, 0.3) is 0 Å². The summed E-state index contributed by atoms with van der Waals surface area (Å²) in [5.74, 6) is -0.0295. The second-order valence-corrected chi connectivity index (χ2v) is 4.57. The molecule has 2 rings (SSSR count). The van der Waals surface area contributed by atoms with Crippen molar-refractivity contribution < 1.29 is 4.79 Å². The molecule has 0 radical (unpaired) electrons. The van der Waals surface area contributed by atoms with Gasteiger partial charge in [0.15, 0.2) is 0 Å². The number of hydrogen-bond donors (Lipinski definition) is 1. The van der Waals surface area contributed by atoms with E-state index in [1.165, 1.54) is 0 Å². The van der Waals surface area contributed by atoms with E-state index in [1.54, 1.807) is 23.3 Å². The zero-order chi connectivity index (χ0) is 12.4. The van der Waals surface area contributed by atoms with E-state index in [0.29, 0.717) is 5.15 Å². The van der Waals surface area contributed by atoms with Crippen LogP contribution in [0.1, 0.15) is 25.5 Å². The minimum Gasteiger partial charge on any atom is -0.271 e. The predicted molar refractivity (Wildman–Crippen MR) is 66.2 cm³/mol. The average molecular weight is 252 g/mol. The van der Waals surface area contributed by atoms with Crippen molar-refractivity contribution in [3.63, 3.8) is 0 Å². The maximum Gasteiger partial charge on any atom is 0.260 e. The van der Waals surface area contributed by atoms with Crippen LogP contribution >= 0.6 is 11.6 Å². The van der Waals surface area contributed by atoms with Crippen LogP contribution < -0.4 is 5.43 Å². The van der Waals surface area contributed by atoms with Gasteiger partial charge in [0.05, 0.1) is 6.04 Å². The number of halogens is 1. The van der Waals surface area contributed by atoms with Crippen LogP contribution in [0.4, 0.5) is 0 Å². The summed E-state index contributed by atoms with van der Waals surface area (Å²) < 4.78 is 0. The third kappa shape index (κ3) is 2.65. The molecule has 1 aromatic rings. The van der Waals surface area contributed by atoms with Crippen LogP contribution in [0, 0.1) is 0 Å². The molecule has 1 unspecified atom stereocenters. The largest absolute Gasteiger partial charge is 0.271 e. The van der Waals surface area contributed by atoms with Gasteiger partial charge in [0.2, 0.25) is 0 Å². The number of pyridine rings is 1. The van der Waals surface area contributed by atoms with Crippen molar-refractivity contribution in [3.05, 3.63) is 41.2 Å². The molecule has 1 aliphatic heterocycles. The zero-order valence-electron chi connectivity index (χ0n) is 9.72. The smallest absolute Gasteiger partial charge is 0.260 e. The van der Waals surface area contributed by atoms with Crippen molar-refractivity contribution in [2.75, 3.05) is 0 Å². The van der Waals surface area contributed by atoms with Crippen LogP contribution in [0.2, 0.25) is 5.15 Å². The summed E-state index contributed by atoms with van der Waals surface area (Å²) in [6, 6.07) is 3.70. The Hall–Kier alpha value is -1.39. The fourth-order valence-electron chi connectivity index (χ4n) is 1.68. The molecule has 0 saturated carbocycles. The monoisotopic (exact) mass is 251 g/mol. The molecule has 0 saturated heterocycles. The number of carbonyl (C=O) groups excluding carboxylic acids is 1. The fraction of sp³-hybridized carbons (Fsp3) is 0.333. The van der Waals surface area contributed by atoms with Gasteiger partial charge in [-0.2, -0.15) is 0 Å². The molecule has 0 spiro atoms. The molecule has 1 N–H and O–H groups in total. The molecule has 17 heavy (non-hydrogen) atoms. The Labute approximate surface area is 105 Å². The van der Waals surface area contributed by atoms with Gasteiger partial charge in [-0.15, -0.1) is 0 Å². The van der Waals surface area contributed by atoms with Gasteiger partial charge in [0, 0.05) is 18.3 Å². The van der Waals surface area contributed by atoms with E-state index in [1.807, 2.05) is 26.0 Å². The first-order chi connectivity index (χ1) is 8.08. The number of amides is 1. The molecule has 0 aliphatic carbocycles. The van der Waals surface area contributed by atoms with Crippen LogP contribution in [0.5, 0.6) is 0 Å². The van der Waals surface area contributed by atoms with E-state index < -0.39 is 0 Å². The molecule has 2 heterocycles. The molecule has 1 atom stereocenters. The Kier molecular flexibility index (Phi) is 3.45. The van der Waals surface area contributed by atoms with Crippen LogP contribution in [-0.4, -0.2) is 21.9 Å². The molecular weight excluding hydrogens is 238 g/mol. The number of nitrogens with one attached hydrogen (secondary N) is 1. The minimum absolute atomic E-state index is 0.0295. The lowest BCUT2D eigenvalue weighted by Crippen LogP contribution is -2.50. The molecule has 1 aliphatic rings. The van der Waals surface area contributed by atoms with Crippen LogP contribution in [-0.2, 0) is 4.79 Å². The number of nitrogens with zero attached hydrogens (tertiary/aromatic N) is 2. The number of aromatic nitrogens is 1. The van der Waals surface area contributed by atoms with Crippen molar-refractivity contribution in [1.29, 1.82) is 0 Å². The summed E-state index contributed by atoms with van der Waals surface area (Å²) >= 11 is 5.74. The summed E-state index contributed by atoms with van der Waals surface area (Å²) in [7, 11) is 0. The Morgan fingerprint density at radius 3 is 2.82 bits per heavy atom. The third-order valence-corrected chi connectivity index (χ3v) is 2.80. The highest BCUT2D eigenvalue weighted by molar-refractivity contribution is 6.29. The SMILES string of the molecule is CC(C)N1NC(c2ccc(Cl)nc2)C=CC1=O. The lowest BCUT2D eigenvalue weighted by molar-refractivity contribution is -0.132. The standard InChI is InChI=1S/C12H14ClN3O/c1-8(2)16-12(17)6-4-10(15-16)9-3-5-11(13)14-7-9/h3-8,10,15H,1-2H3.